The van der Waals surface area contributed by atoms with Crippen LogP contribution in [0.1, 0.15) is 25.3 Å². The van der Waals surface area contributed by atoms with Crippen molar-refractivity contribution in [2.24, 2.45) is 5.73 Å². The maximum atomic E-state index is 6.07. The molecule has 0 aliphatic rings. The first-order valence-corrected chi connectivity index (χ1v) is 5.07. The van der Waals surface area contributed by atoms with Crippen LogP contribution in [0.5, 0.6) is 0 Å². The minimum atomic E-state index is -0.324. The maximum Gasteiger partial charge on any atom is 0.0661 e. The summed E-state index contributed by atoms with van der Waals surface area (Å²) in [4.78, 5) is 0. The van der Waals surface area contributed by atoms with Gasteiger partial charge in [0.15, 0.2) is 0 Å². The van der Waals surface area contributed by atoms with Gasteiger partial charge < -0.3 is 5.73 Å². The number of nitrogens with one attached hydrogen (secondary N) is 1. The average molecular weight is 191 g/mol. The van der Waals surface area contributed by atoms with Gasteiger partial charge in [-0.25, -0.2) is 0 Å². The SMILES string of the molecule is [CH2]CC(N)(CC)NCc1ccccc1. The lowest BCUT2D eigenvalue weighted by molar-refractivity contribution is 0.322. The van der Waals surface area contributed by atoms with Crippen LogP contribution < -0.4 is 11.1 Å². The van der Waals surface area contributed by atoms with Crippen molar-refractivity contribution in [2.45, 2.75) is 32.0 Å². The molecule has 3 N–H and O–H groups in total. The van der Waals surface area contributed by atoms with Gasteiger partial charge >= 0.3 is 0 Å². The van der Waals surface area contributed by atoms with Crippen molar-refractivity contribution in [1.82, 2.24) is 5.32 Å². The molecule has 0 bridgehead atoms. The predicted molar refractivity (Wildman–Crippen MR) is 60.5 cm³/mol. The van der Waals surface area contributed by atoms with Crippen molar-refractivity contribution in [3.63, 3.8) is 0 Å². The van der Waals surface area contributed by atoms with Gasteiger partial charge in [0.2, 0.25) is 0 Å². The van der Waals surface area contributed by atoms with Crippen molar-refractivity contribution >= 4 is 0 Å². The van der Waals surface area contributed by atoms with Crippen LogP contribution in [-0.4, -0.2) is 5.66 Å². The summed E-state index contributed by atoms with van der Waals surface area (Å²) in [5.74, 6) is 0. The third-order valence-corrected chi connectivity index (χ3v) is 2.56. The lowest BCUT2D eigenvalue weighted by atomic mass is 10.0. The van der Waals surface area contributed by atoms with Crippen LogP contribution in [0.4, 0.5) is 0 Å². The summed E-state index contributed by atoms with van der Waals surface area (Å²) < 4.78 is 0. The van der Waals surface area contributed by atoms with Gasteiger partial charge in [-0.1, -0.05) is 44.2 Å². The van der Waals surface area contributed by atoms with E-state index < -0.39 is 0 Å². The molecule has 1 unspecified atom stereocenters. The van der Waals surface area contributed by atoms with E-state index in [0.29, 0.717) is 6.42 Å². The molecule has 0 amide bonds. The molecule has 0 spiro atoms. The van der Waals surface area contributed by atoms with Crippen LogP contribution in [0.3, 0.4) is 0 Å². The number of hydrogen-bond acceptors (Lipinski definition) is 2. The monoisotopic (exact) mass is 191 g/mol. The molecule has 0 aromatic heterocycles. The van der Waals surface area contributed by atoms with E-state index in [0.717, 1.165) is 13.0 Å². The van der Waals surface area contributed by atoms with E-state index in [9.17, 15) is 0 Å². The molecule has 1 aromatic rings. The smallest absolute Gasteiger partial charge is 0.0661 e. The van der Waals surface area contributed by atoms with E-state index in [4.69, 9.17) is 5.73 Å². The highest BCUT2D eigenvalue weighted by Crippen LogP contribution is 2.08. The van der Waals surface area contributed by atoms with E-state index in [1.54, 1.807) is 0 Å². The Labute approximate surface area is 86.5 Å². The van der Waals surface area contributed by atoms with Gasteiger partial charge in [0, 0.05) is 6.54 Å². The van der Waals surface area contributed by atoms with E-state index in [-0.39, 0.29) is 5.66 Å². The van der Waals surface area contributed by atoms with E-state index in [2.05, 4.69) is 31.3 Å². The number of rotatable bonds is 5. The molecule has 14 heavy (non-hydrogen) atoms. The number of benzene rings is 1. The Hall–Kier alpha value is -0.860. The van der Waals surface area contributed by atoms with Gasteiger partial charge in [-0.2, -0.15) is 0 Å². The van der Waals surface area contributed by atoms with E-state index in [1.807, 2.05) is 18.2 Å². The molecule has 1 radical (unpaired) electrons. The molecule has 1 atom stereocenters. The van der Waals surface area contributed by atoms with Crippen molar-refractivity contribution in [1.29, 1.82) is 0 Å². The molecule has 0 saturated heterocycles. The molecular formula is C12H19N2. The molecule has 77 valence electrons. The quantitative estimate of drug-likeness (QED) is 0.699. The third-order valence-electron chi connectivity index (χ3n) is 2.56. The standard InChI is InChI=1S/C12H19N2/c1-3-12(13,4-2)14-10-11-8-6-5-7-9-11/h5-9,14H,1,3-4,10,13H2,2H3. The van der Waals surface area contributed by atoms with Crippen LogP contribution in [0.2, 0.25) is 0 Å². The molecular weight excluding hydrogens is 172 g/mol. The van der Waals surface area contributed by atoms with Gasteiger partial charge in [-0.3, -0.25) is 5.32 Å². The topological polar surface area (TPSA) is 38.0 Å². The lowest BCUT2D eigenvalue weighted by Crippen LogP contribution is -2.52. The highest BCUT2D eigenvalue weighted by atomic mass is 15.1. The molecule has 1 rings (SSSR count). The second-order valence-corrected chi connectivity index (χ2v) is 3.60. The fourth-order valence-corrected chi connectivity index (χ4v) is 1.26. The van der Waals surface area contributed by atoms with Gasteiger partial charge in [-0.15, -0.1) is 0 Å². The van der Waals surface area contributed by atoms with Gasteiger partial charge in [0.25, 0.3) is 0 Å². The van der Waals surface area contributed by atoms with E-state index >= 15 is 0 Å². The predicted octanol–water partition coefficient (Wildman–Crippen LogP) is 2.07. The Kier molecular flexibility index (Phi) is 4.11. The van der Waals surface area contributed by atoms with Crippen LogP contribution in [0.15, 0.2) is 30.3 Å². The summed E-state index contributed by atoms with van der Waals surface area (Å²) in [5.41, 5.74) is 7.00. The third kappa shape index (κ3) is 3.13. The van der Waals surface area contributed by atoms with Crippen molar-refractivity contribution in [3.05, 3.63) is 42.8 Å². The number of nitrogens with two attached hydrogens (primary N) is 1. The van der Waals surface area contributed by atoms with Crippen LogP contribution in [0, 0.1) is 6.92 Å². The van der Waals surface area contributed by atoms with Gasteiger partial charge in [-0.05, 0) is 18.4 Å². The lowest BCUT2D eigenvalue weighted by Gasteiger charge is -2.28. The zero-order chi connectivity index (χ0) is 10.4. The summed E-state index contributed by atoms with van der Waals surface area (Å²) in [7, 11) is 0. The largest absolute Gasteiger partial charge is 0.313 e. The zero-order valence-electron chi connectivity index (χ0n) is 8.79. The molecule has 0 heterocycles. The zero-order valence-corrected chi connectivity index (χ0v) is 8.79. The Morgan fingerprint density at radius 1 is 1.36 bits per heavy atom. The van der Waals surface area contributed by atoms with Crippen LogP contribution in [0.25, 0.3) is 0 Å². The Balaban J connectivity index is 2.48. The minimum Gasteiger partial charge on any atom is -0.313 e. The maximum absolute atomic E-state index is 6.07. The van der Waals surface area contributed by atoms with Crippen molar-refractivity contribution < 1.29 is 0 Å². The summed E-state index contributed by atoms with van der Waals surface area (Å²) in [6.07, 6.45) is 1.60. The first-order chi connectivity index (χ1) is 6.70. The van der Waals surface area contributed by atoms with Gasteiger partial charge in [0.05, 0.1) is 5.66 Å². The normalized spacial score (nSPS) is 11.6. The first kappa shape index (κ1) is 11.2. The highest BCUT2D eigenvalue weighted by Gasteiger charge is 2.18. The molecule has 0 aliphatic carbocycles. The van der Waals surface area contributed by atoms with E-state index in [1.165, 1.54) is 5.56 Å². The Bertz CT molecular complexity index is 252. The fraction of sp³-hybridized carbons (Fsp3) is 0.417. The van der Waals surface area contributed by atoms with Gasteiger partial charge in [0.1, 0.15) is 0 Å². The summed E-state index contributed by atoms with van der Waals surface area (Å²) in [5, 5.41) is 3.33. The molecule has 2 heteroatoms. The van der Waals surface area contributed by atoms with Crippen LogP contribution in [-0.2, 0) is 6.54 Å². The van der Waals surface area contributed by atoms with Crippen LogP contribution >= 0.6 is 0 Å². The first-order valence-electron chi connectivity index (χ1n) is 5.07. The Morgan fingerprint density at radius 3 is 2.50 bits per heavy atom. The second kappa shape index (κ2) is 5.13. The summed E-state index contributed by atoms with van der Waals surface area (Å²) >= 11 is 0. The van der Waals surface area contributed by atoms with Crippen molar-refractivity contribution in [2.75, 3.05) is 0 Å². The summed E-state index contributed by atoms with van der Waals surface area (Å²) in [6.45, 7) is 6.73. The highest BCUT2D eigenvalue weighted by molar-refractivity contribution is 5.14. The molecule has 2 nitrogen and oxygen atoms in total. The van der Waals surface area contributed by atoms with Crippen molar-refractivity contribution in [3.8, 4) is 0 Å². The molecule has 0 aliphatic heterocycles. The molecule has 0 saturated carbocycles. The fourth-order valence-electron chi connectivity index (χ4n) is 1.26. The average Bonchev–Trinajstić information content (AvgIpc) is 2.27. The summed E-state index contributed by atoms with van der Waals surface area (Å²) in [6, 6.07) is 10.3. The Morgan fingerprint density at radius 2 is 2.00 bits per heavy atom. The molecule has 0 fully saturated rings. The molecule has 1 aromatic carbocycles. The minimum absolute atomic E-state index is 0.324. The number of hydrogen-bond donors (Lipinski definition) is 2. The second-order valence-electron chi connectivity index (χ2n) is 3.60.